The molecule has 66 valence electrons. The summed E-state index contributed by atoms with van der Waals surface area (Å²) < 4.78 is 0. The summed E-state index contributed by atoms with van der Waals surface area (Å²) >= 11 is 0. The van der Waals surface area contributed by atoms with Crippen LogP contribution in [-0.4, -0.2) is 33.4 Å². The first-order chi connectivity index (χ1) is 5.57. The molecule has 0 bridgehead atoms. The lowest BCUT2D eigenvalue weighted by Crippen LogP contribution is -2.30. The lowest BCUT2D eigenvalue weighted by atomic mass is 10.1. The normalized spacial score (nSPS) is 24.4. The van der Waals surface area contributed by atoms with Gasteiger partial charge in [-0.3, -0.25) is 14.7 Å². The van der Waals surface area contributed by atoms with E-state index in [1.807, 2.05) is 0 Å². The minimum absolute atomic E-state index is 0.0522. The molecule has 1 aliphatic heterocycles. The largest absolute Gasteiger partial charge is 0.392 e. The highest BCUT2D eigenvalue weighted by molar-refractivity contribution is 8.17. The maximum absolute atomic E-state index is 10.9. The second-order valence-electron chi connectivity index (χ2n) is 2.14. The number of ketones is 2. The van der Waals surface area contributed by atoms with Gasteiger partial charge in [-0.05, 0) is 5.41 Å². The summed E-state index contributed by atoms with van der Waals surface area (Å²) in [5.74, 6) is -1.91. The number of carbonyl (C=O) groups is 2. The van der Waals surface area contributed by atoms with Gasteiger partial charge in [-0.2, -0.15) is 0 Å². The van der Waals surface area contributed by atoms with Crippen LogP contribution in [0.15, 0.2) is 11.0 Å². The molecule has 0 saturated heterocycles. The van der Waals surface area contributed by atoms with Crippen molar-refractivity contribution in [3.05, 3.63) is 11.0 Å². The molecule has 0 spiro atoms. The van der Waals surface area contributed by atoms with E-state index in [9.17, 15) is 9.59 Å². The molecule has 0 aliphatic carbocycles. The van der Waals surface area contributed by atoms with E-state index in [-0.39, 0.29) is 5.57 Å². The maximum atomic E-state index is 10.9. The van der Waals surface area contributed by atoms with Gasteiger partial charge in [0.2, 0.25) is 5.78 Å². The summed E-state index contributed by atoms with van der Waals surface area (Å²) in [6.07, 6.45) is 0. The highest BCUT2D eigenvalue weighted by Gasteiger charge is 2.26. The Morgan fingerprint density at radius 1 is 1.42 bits per heavy atom. The molecule has 0 saturated carbocycles. The van der Waals surface area contributed by atoms with Crippen LogP contribution >= 0.6 is 10.7 Å². The average Bonchev–Trinajstić information content (AvgIpc) is 2.08. The topological polar surface area (TPSA) is 101 Å². The van der Waals surface area contributed by atoms with E-state index in [1.165, 1.54) is 5.41 Å². The van der Waals surface area contributed by atoms with Crippen LogP contribution in [0.2, 0.25) is 0 Å². The van der Waals surface area contributed by atoms with Gasteiger partial charge in [-0.1, -0.05) is 10.7 Å². The molecule has 0 fully saturated rings. The number of rotatable bonds is 1. The Bertz CT molecular complexity index is 318. The van der Waals surface area contributed by atoms with Crippen molar-refractivity contribution in [1.29, 1.82) is 0 Å². The second-order valence-corrected chi connectivity index (χ2v) is 3.50. The molecule has 0 aromatic carbocycles. The van der Waals surface area contributed by atoms with E-state index in [4.69, 9.17) is 15.4 Å². The average molecular weight is 189 g/mol. The summed E-state index contributed by atoms with van der Waals surface area (Å²) in [4.78, 5) is 21.7. The second kappa shape index (κ2) is 3.28. The molecule has 1 atom stereocenters. The fourth-order valence-corrected chi connectivity index (χ4v) is 1.63. The zero-order valence-corrected chi connectivity index (χ0v) is 6.80. The lowest BCUT2D eigenvalue weighted by molar-refractivity contribution is -0.131. The van der Waals surface area contributed by atoms with E-state index in [0.717, 1.165) is 0 Å². The van der Waals surface area contributed by atoms with Crippen molar-refractivity contribution in [2.75, 3.05) is 6.61 Å². The van der Waals surface area contributed by atoms with Crippen LogP contribution in [0.1, 0.15) is 0 Å². The van der Waals surface area contributed by atoms with Gasteiger partial charge in [-0.15, -0.1) is 0 Å². The van der Waals surface area contributed by atoms with E-state index >= 15 is 0 Å². The molecule has 0 aromatic heterocycles. The van der Waals surface area contributed by atoms with E-state index in [1.54, 1.807) is 0 Å². The van der Waals surface area contributed by atoms with Gasteiger partial charge < -0.3 is 10.2 Å². The zero-order chi connectivity index (χ0) is 9.30. The number of hydrogen-bond acceptors (Lipinski definition) is 4. The third kappa shape index (κ3) is 1.37. The van der Waals surface area contributed by atoms with Gasteiger partial charge in [0.25, 0.3) is 5.78 Å². The third-order valence-electron chi connectivity index (χ3n) is 1.35. The standard InChI is InChI=1S/C6H7NO4S/c7-12-2-3(1-8)4(9)5(10)6(12)11/h2,8,11H,1,7H2. The Labute approximate surface area is 70.6 Å². The first-order valence-electron chi connectivity index (χ1n) is 3.02. The predicted octanol–water partition coefficient (Wildman–Crippen LogP) is -1.16. The number of aliphatic hydroxyl groups is 2. The van der Waals surface area contributed by atoms with Crippen LogP contribution in [0.3, 0.4) is 0 Å². The fraction of sp³-hybridized carbons (Fsp3) is 0.167. The van der Waals surface area contributed by atoms with Gasteiger partial charge in [-0.25, -0.2) is 0 Å². The monoisotopic (exact) mass is 189 g/mol. The molecule has 4 N–H and O–H groups in total. The molecular weight excluding hydrogens is 182 g/mol. The number of Topliss-reactive ketones (excluding diaryl/α,β-unsaturated/α-hetero) is 2. The van der Waals surface area contributed by atoms with E-state index in [0.29, 0.717) is 0 Å². The van der Waals surface area contributed by atoms with Crippen molar-refractivity contribution in [1.82, 2.24) is 0 Å². The number of hydrogen-bond donors (Lipinski definition) is 3. The molecule has 1 unspecified atom stereocenters. The first kappa shape index (κ1) is 9.27. The van der Waals surface area contributed by atoms with Crippen LogP contribution in [0.25, 0.3) is 0 Å². The molecule has 0 amide bonds. The van der Waals surface area contributed by atoms with Crippen LogP contribution in [-0.2, 0) is 9.59 Å². The van der Waals surface area contributed by atoms with Crippen molar-refractivity contribution < 1.29 is 19.8 Å². The summed E-state index contributed by atoms with van der Waals surface area (Å²) in [5.41, 5.74) is -0.0522. The fourth-order valence-electron chi connectivity index (χ4n) is 0.722. The van der Waals surface area contributed by atoms with Crippen LogP contribution in [0, 0.1) is 0 Å². The summed E-state index contributed by atoms with van der Waals surface area (Å²) in [7, 11) is -1.24. The minimum Gasteiger partial charge on any atom is -0.392 e. The first-order valence-corrected chi connectivity index (χ1v) is 4.37. The quantitative estimate of drug-likeness (QED) is 0.357. The molecular formula is C6H7NO4S. The summed E-state index contributed by atoms with van der Waals surface area (Å²) in [6.45, 7) is -0.529. The lowest BCUT2D eigenvalue weighted by Gasteiger charge is -2.10. The molecule has 1 aliphatic rings. The van der Waals surface area contributed by atoms with Crippen LogP contribution in [0.5, 0.6) is 0 Å². The summed E-state index contributed by atoms with van der Waals surface area (Å²) in [5, 5.41) is 23.4. The maximum Gasteiger partial charge on any atom is 0.263 e. The van der Waals surface area contributed by atoms with Gasteiger partial charge in [0, 0.05) is 5.57 Å². The van der Waals surface area contributed by atoms with Gasteiger partial charge in [0.1, 0.15) is 0 Å². The Morgan fingerprint density at radius 2 is 2.00 bits per heavy atom. The molecule has 1 rings (SSSR count). The van der Waals surface area contributed by atoms with Crippen LogP contribution in [0.4, 0.5) is 0 Å². The predicted molar refractivity (Wildman–Crippen MR) is 44.6 cm³/mol. The number of carbonyl (C=O) groups excluding carboxylic acids is 2. The SMILES string of the molecule is NS1=C(O)C(=O)C(=O)C(CO)=C1. The Hall–Kier alpha value is -0.820. The smallest absolute Gasteiger partial charge is 0.263 e. The van der Waals surface area contributed by atoms with E-state index < -0.39 is 33.9 Å². The van der Waals surface area contributed by atoms with Crippen molar-refractivity contribution in [2.45, 2.75) is 0 Å². The Balaban J connectivity index is 3.17. The molecule has 0 radical (unpaired) electrons. The summed E-state index contributed by atoms with van der Waals surface area (Å²) in [6, 6.07) is 0. The van der Waals surface area contributed by atoms with Gasteiger partial charge in [0.15, 0.2) is 5.05 Å². The van der Waals surface area contributed by atoms with Gasteiger partial charge in [0.05, 0.1) is 6.61 Å². The molecule has 5 nitrogen and oxygen atoms in total. The van der Waals surface area contributed by atoms with Crippen molar-refractivity contribution in [2.24, 2.45) is 5.14 Å². The third-order valence-corrected chi connectivity index (χ3v) is 2.53. The van der Waals surface area contributed by atoms with Crippen molar-refractivity contribution >= 4 is 27.3 Å². The highest BCUT2D eigenvalue weighted by Crippen LogP contribution is 2.17. The Kier molecular flexibility index (Phi) is 2.53. The molecule has 6 heteroatoms. The van der Waals surface area contributed by atoms with Gasteiger partial charge >= 0.3 is 0 Å². The van der Waals surface area contributed by atoms with Crippen LogP contribution < -0.4 is 5.14 Å². The number of aliphatic hydroxyl groups excluding tert-OH is 2. The van der Waals surface area contributed by atoms with Crippen molar-refractivity contribution in [3.8, 4) is 0 Å². The molecule has 1 heterocycles. The molecule has 0 aromatic rings. The Morgan fingerprint density at radius 3 is 2.50 bits per heavy atom. The van der Waals surface area contributed by atoms with Crippen molar-refractivity contribution in [3.63, 3.8) is 0 Å². The molecule has 12 heavy (non-hydrogen) atoms. The zero-order valence-electron chi connectivity index (χ0n) is 5.98. The highest BCUT2D eigenvalue weighted by atomic mass is 32.2. The number of nitrogens with two attached hydrogens (primary N) is 1. The minimum atomic E-state index is -1.24. The van der Waals surface area contributed by atoms with E-state index in [2.05, 4.69) is 0 Å².